The number of methoxy groups -OCH3 is 1. The Morgan fingerprint density at radius 1 is 1.19 bits per heavy atom. The number of nitrogens with zero attached hydrogens (tertiary/aromatic N) is 1. The molecule has 2 aliphatic rings. The van der Waals surface area contributed by atoms with Crippen LogP contribution in [0.4, 0.5) is 0 Å². The summed E-state index contributed by atoms with van der Waals surface area (Å²) in [6.07, 6.45) is 8.50. The Labute approximate surface area is 99.5 Å². The van der Waals surface area contributed by atoms with Crippen molar-refractivity contribution in [2.45, 2.75) is 50.7 Å². The van der Waals surface area contributed by atoms with Gasteiger partial charge in [0.25, 0.3) is 0 Å². The summed E-state index contributed by atoms with van der Waals surface area (Å²) in [5.74, 6) is 0. The van der Waals surface area contributed by atoms with Crippen molar-refractivity contribution in [1.29, 1.82) is 0 Å². The van der Waals surface area contributed by atoms with Gasteiger partial charge < -0.3 is 15.0 Å². The van der Waals surface area contributed by atoms with E-state index in [9.17, 15) is 0 Å². The molecule has 0 bridgehead atoms. The van der Waals surface area contributed by atoms with Crippen molar-refractivity contribution >= 4 is 0 Å². The lowest BCUT2D eigenvalue weighted by Crippen LogP contribution is -2.45. The molecule has 94 valence electrons. The van der Waals surface area contributed by atoms with Gasteiger partial charge in [-0.2, -0.15) is 0 Å². The molecule has 1 aliphatic heterocycles. The number of hydrogen-bond donors (Lipinski definition) is 1. The predicted molar refractivity (Wildman–Crippen MR) is 66.7 cm³/mol. The van der Waals surface area contributed by atoms with Crippen molar-refractivity contribution in [2.75, 3.05) is 33.3 Å². The first-order valence-corrected chi connectivity index (χ1v) is 6.87. The van der Waals surface area contributed by atoms with Crippen LogP contribution in [0, 0.1) is 0 Å². The molecule has 0 radical (unpaired) electrons. The fraction of sp³-hybridized carbons (Fsp3) is 1.00. The Morgan fingerprint density at radius 2 is 1.94 bits per heavy atom. The number of likely N-dealkylation sites (tertiary alicyclic amines) is 1. The van der Waals surface area contributed by atoms with E-state index in [1.54, 1.807) is 0 Å². The van der Waals surface area contributed by atoms with Gasteiger partial charge in [-0.05, 0) is 58.3 Å². The first kappa shape index (κ1) is 12.3. The van der Waals surface area contributed by atoms with Crippen molar-refractivity contribution in [3.05, 3.63) is 0 Å². The highest BCUT2D eigenvalue weighted by atomic mass is 16.5. The third kappa shape index (κ3) is 3.72. The van der Waals surface area contributed by atoms with E-state index in [-0.39, 0.29) is 0 Å². The van der Waals surface area contributed by atoms with E-state index in [1.807, 2.05) is 7.11 Å². The first-order valence-electron chi connectivity index (χ1n) is 6.87. The standard InChI is InChI=1S/C13H26N2O/c1-16-13-10-12(11-13)14-6-5-9-15-7-3-2-4-8-15/h12-14H,2-11H2,1H3. The van der Waals surface area contributed by atoms with E-state index in [1.165, 1.54) is 64.7 Å². The van der Waals surface area contributed by atoms with Crippen LogP contribution in [0.5, 0.6) is 0 Å². The average molecular weight is 226 g/mol. The van der Waals surface area contributed by atoms with Crippen LogP contribution in [0.15, 0.2) is 0 Å². The lowest BCUT2D eigenvalue weighted by Gasteiger charge is -2.35. The van der Waals surface area contributed by atoms with Crippen LogP contribution in [0.1, 0.15) is 38.5 Å². The molecule has 2 rings (SSSR count). The predicted octanol–water partition coefficient (Wildman–Crippen LogP) is 1.63. The van der Waals surface area contributed by atoms with Gasteiger partial charge in [0.05, 0.1) is 6.10 Å². The summed E-state index contributed by atoms with van der Waals surface area (Å²) in [4.78, 5) is 2.61. The highest BCUT2D eigenvalue weighted by Gasteiger charge is 2.27. The smallest absolute Gasteiger partial charge is 0.0601 e. The second-order valence-electron chi connectivity index (χ2n) is 5.24. The van der Waals surface area contributed by atoms with E-state index in [2.05, 4.69) is 10.2 Å². The maximum Gasteiger partial charge on any atom is 0.0601 e. The summed E-state index contributed by atoms with van der Waals surface area (Å²) < 4.78 is 5.27. The molecule has 0 aromatic carbocycles. The monoisotopic (exact) mass is 226 g/mol. The summed E-state index contributed by atoms with van der Waals surface area (Å²) in [5, 5.41) is 3.62. The van der Waals surface area contributed by atoms with Crippen LogP contribution in [0.2, 0.25) is 0 Å². The zero-order valence-electron chi connectivity index (χ0n) is 10.6. The minimum absolute atomic E-state index is 0.527. The van der Waals surface area contributed by atoms with Crippen molar-refractivity contribution in [1.82, 2.24) is 10.2 Å². The van der Waals surface area contributed by atoms with Crippen molar-refractivity contribution in [2.24, 2.45) is 0 Å². The van der Waals surface area contributed by atoms with Crippen LogP contribution >= 0.6 is 0 Å². The van der Waals surface area contributed by atoms with Gasteiger partial charge >= 0.3 is 0 Å². The summed E-state index contributed by atoms with van der Waals surface area (Å²) in [6.45, 7) is 5.12. The van der Waals surface area contributed by atoms with Crippen LogP contribution < -0.4 is 5.32 Å². The quantitative estimate of drug-likeness (QED) is 0.697. The highest BCUT2D eigenvalue weighted by molar-refractivity contribution is 4.85. The molecule has 1 aliphatic carbocycles. The van der Waals surface area contributed by atoms with Crippen molar-refractivity contribution in [3.8, 4) is 0 Å². The number of hydrogen-bond acceptors (Lipinski definition) is 3. The van der Waals surface area contributed by atoms with Crippen LogP contribution in [-0.4, -0.2) is 50.3 Å². The third-order valence-corrected chi connectivity index (χ3v) is 3.96. The van der Waals surface area contributed by atoms with Crippen LogP contribution in [0.3, 0.4) is 0 Å². The van der Waals surface area contributed by atoms with Gasteiger partial charge in [-0.1, -0.05) is 6.42 Å². The number of piperidine rings is 1. The lowest BCUT2D eigenvalue weighted by molar-refractivity contribution is 0.0173. The number of ether oxygens (including phenoxy) is 1. The molecular weight excluding hydrogens is 200 g/mol. The van der Waals surface area contributed by atoms with E-state index in [0.717, 1.165) is 6.04 Å². The normalized spacial score (nSPS) is 31.3. The zero-order chi connectivity index (χ0) is 11.2. The topological polar surface area (TPSA) is 24.5 Å². The summed E-state index contributed by atoms with van der Waals surface area (Å²) in [5.41, 5.74) is 0. The van der Waals surface area contributed by atoms with Crippen LogP contribution in [0.25, 0.3) is 0 Å². The summed E-state index contributed by atoms with van der Waals surface area (Å²) in [6, 6.07) is 0.728. The Hall–Kier alpha value is -0.120. The Balaban J connectivity index is 1.43. The maximum absolute atomic E-state index is 5.27. The number of rotatable bonds is 6. The minimum atomic E-state index is 0.527. The van der Waals surface area contributed by atoms with Gasteiger partial charge in [0.15, 0.2) is 0 Å². The fourth-order valence-corrected chi connectivity index (χ4v) is 2.72. The molecule has 0 spiro atoms. The van der Waals surface area contributed by atoms with Gasteiger partial charge in [-0.3, -0.25) is 0 Å². The fourth-order valence-electron chi connectivity index (χ4n) is 2.72. The molecular formula is C13H26N2O. The number of nitrogens with one attached hydrogen (secondary N) is 1. The van der Waals surface area contributed by atoms with E-state index < -0.39 is 0 Å². The Kier molecular flexibility index (Phi) is 5.07. The Morgan fingerprint density at radius 3 is 2.62 bits per heavy atom. The molecule has 1 heterocycles. The van der Waals surface area contributed by atoms with Crippen LogP contribution in [-0.2, 0) is 4.74 Å². The largest absolute Gasteiger partial charge is 0.381 e. The molecule has 16 heavy (non-hydrogen) atoms. The molecule has 1 saturated carbocycles. The van der Waals surface area contributed by atoms with Crippen molar-refractivity contribution in [3.63, 3.8) is 0 Å². The zero-order valence-corrected chi connectivity index (χ0v) is 10.6. The van der Waals surface area contributed by atoms with Gasteiger partial charge in [-0.25, -0.2) is 0 Å². The molecule has 0 unspecified atom stereocenters. The molecule has 2 fully saturated rings. The summed E-state index contributed by atoms with van der Waals surface area (Å²) >= 11 is 0. The molecule has 1 saturated heterocycles. The second-order valence-corrected chi connectivity index (χ2v) is 5.24. The Bertz CT molecular complexity index is 186. The van der Waals surface area contributed by atoms with E-state index >= 15 is 0 Å². The van der Waals surface area contributed by atoms with E-state index in [0.29, 0.717) is 6.10 Å². The maximum atomic E-state index is 5.27. The SMILES string of the molecule is COC1CC(NCCCN2CCCCC2)C1. The van der Waals surface area contributed by atoms with Gasteiger partial charge in [0, 0.05) is 13.2 Å². The molecule has 0 amide bonds. The van der Waals surface area contributed by atoms with Gasteiger partial charge in [0.2, 0.25) is 0 Å². The lowest BCUT2D eigenvalue weighted by atomic mass is 9.89. The molecule has 0 aromatic heterocycles. The van der Waals surface area contributed by atoms with Gasteiger partial charge in [0.1, 0.15) is 0 Å². The second kappa shape index (κ2) is 6.58. The molecule has 0 atom stereocenters. The third-order valence-electron chi connectivity index (χ3n) is 3.96. The molecule has 1 N–H and O–H groups in total. The minimum Gasteiger partial charge on any atom is -0.381 e. The van der Waals surface area contributed by atoms with Crippen molar-refractivity contribution < 1.29 is 4.74 Å². The highest BCUT2D eigenvalue weighted by Crippen LogP contribution is 2.22. The molecule has 0 aromatic rings. The average Bonchev–Trinajstić information content (AvgIpc) is 2.28. The summed E-state index contributed by atoms with van der Waals surface area (Å²) in [7, 11) is 1.82. The molecule has 3 nitrogen and oxygen atoms in total. The van der Waals surface area contributed by atoms with Gasteiger partial charge in [-0.15, -0.1) is 0 Å². The first-order chi connectivity index (χ1) is 7.88. The van der Waals surface area contributed by atoms with E-state index in [4.69, 9.17) is 4.74 Å². The molecule has 3 heteroatoms.